The molecular formula is C14H23NO. The van der Waals surface area contributed by atoms with Crippen LogP contribution in [-0.4, -0.2) is 23.8 Å². The number of hydrogen-bond donors (Lipinski definition) is 2. The molecule has 0 aromatic heterocycles. The minimum absolute atomic E-state index is 0.262. The van der Waals surface area contributed by atoms with E-state index in [0.29, 0.717) is 12.6 Å². The largest absolute Gasteiger partial charge is 0.392 e. The van der Waals surface area contributed by atoms with Crippen molar-refractivity contribution >= 4 is 0 Å². The number of aliphatic hydroxyl groups excluding tert-OH is 1. The van der Waals surface area contributed by atoms with E-state index in [4.69, 9.17) is 5.11 Å². The summed E-state index contributed by atoms with van der Waals surface area (Å²) in [6, 6.07) is 9.15. The third-order valence-corrected chi connectivity index (χ3v) is 2.75. The number of aryl methyl sites for hydroxylation is 2. The number of hydrogen-bond acceptors (Lipinski definition) is 2. The Balaban J connectivity index is 2.26. The minimum atomic E-state index is -0.262. The van der Waals surface area contributed by atoms with Crippen LogP contribution >= 0.6 is 0 Å². The fourth-order valence-electron chi connectivity index (χ4n) is 1.61. The first-order chi connectivity index (χ1) is 7.58. The van der Waals surface area contributed by atoms with Gasteiger partial charge in [0, 0.05) is 12.6 Å². The molecule has 0 spiro atoms. The molecule has 1 aromatic carbocycles. The van der Waals surface area contributed by atoms with Crippen LogP contribution in [0.5, 0.6) is 0 Å². The van der Waals surface area contributed by atoms with Gasteiger partial charge in [0.25, 0.3) is 0 Å². The lowest BCUT2D eigenvalue weighted by molar-refractivity contribution is 0.186. The molecule has 0 aliphatic rings. The lowest BCUT2D eigenvalue weighted by atomic mass is 10.0. The van der Waals surface area contributed by atoms with Crippen LogP contribution in [0.4, 0.5) is 0 Å². The van der Waals surface area contributed by atoms with Gasteiger partial charge in [-0.25, -0.2) is 0 Å². The van der Waals surface area contributed by atoms with Crippen molar-refractivity contribution in [3.63, 3.8) is 0 Å². The van der Waals surface area contributed by atoms with Gasteiger partial charge in [-0.1, -0.05) is 29.8 Å². The zero-order valence-electron chi connectivity index (χ0n) is 10.5. The molecule has 0 bridgehead atoms. The Morgan fingerprint density at radius 2 is 1.81 bits per heavy atom. The summed E-state index contributed by atoms with van der Waals surface area (Å²) in [5.74, 6) is 0. The van der Waals surface area contributed by atoms with E-state index in [-0.39, 0.29) is 6.10 Å². The van der Waals surface area contributed by atoms with Crippen LogP contribution in [0.3, 0.4) is 0 Å². The highest BCUT2D eigenvalue weighted by atomic mass is 16.3. The highest BCUT2D eigenvalue weighted by Crippen LogP contribution is 2.07. The Bertz CT molecular complexity index is 292. The molecule has 0 fully saturated rings. The number of rotatable bonds is 6. The molecule has 2 atom stereocenters. The molecule has 2 nitrogen and oxygen atoms in total. The van der Waals surface area contributed by atoms with Crippen molar-refractivity contribution < 1.29 is 5.11 Å². The van der Waals surface area contributed by atoms with Crippen molar-refractivity contribution in [2.75, 3.05) is 6.54 Å². The number of aliphatic hydroxyl groups is 1. The minimum Gasteiger partial charge on any atom is -0.392 e. The first-order valence-corrected chi connectivity index (χ1v) is 6.05. The van der Waals surface area contributed by atoms with Crippen LogP contribution in [0.15, 0.2) is 24.3 Å². The standard InChI is InChI=1S/C14H23NO/c1-11-4-7-14(8-5-11)9-6-12(2)15-10-13(3)16/h4-5,7-8,12-13,15-16H,6,9-10H2,1-3H3/t12?,13-/m1/s1. The molecule has 0 aliphatic heterocycles. The second kappa shape index (κ2) is 6.66. The second-order valence-electron chi connectivity index (χ2n) is 4.68. The average Bonchev–Trinajstić information content (AvgIpc) is 2.25. The Kier molecular flexibility index (Phi) is 5.50. The van der Waals surface area contributed by atoms with Gasteiger partial charge in [0.2, 0.25) is 0 Å². The maximum atomic E-state index is 9.15. The summed E-state index contributed by atoms with van der Waals surface area (Å²) in [5.41, 5.74) is 2.69. The van der Waals surface area contributed by atoms with E-state index in [1.807, 2.05) is 0 Å². The lowest BCUT2D eigenvalue weighted by Gasteiger charge is -2.15. The van der Waals surface area contributed by atoms with Gasteiger partial charge in [0.1, 0.15) is 0 Å². The third kappa shape index (κ3) is 5.29. The SMILES string of the molecule is Cc1ccc(CCC(C)NC[C@@H](C)O)cc1. The molecule has 0 radical (unpaired) electrons. The van der Waals surface area contributed by atoms with Crippen molar-refractivity contribution in [2.24, 2.45) is 0 Å². The second-order valence-corrected chi connectivity index (χ2v) is 4.68. The fraction of sp³-hybridized carbons (Fsp3) is 0.571. The van der Waals surface area contributed by atoms with E-state index >= 15 is 0 Å². The Hall–Kier alpha value is -0.860. The highest BCUT2D eigenvalue weighted by molar-refractivity contribution is 5.21. The van der Waals surface area contributed by atoms with E-state index in [1.54, 1.807) is 6.92 Å². The first-order valence-electron chi connectivity index (χ1n) is 6.05. The van der Waals surface area contributed by atoms with Crippen LogP contribution in [0.2, 0.25) is 0 Å². The van der Waals surface area contributed by atoms with Gasteiger partial charge in [-0.05, 0) is 39.2 Å². The van der Waals surface area contributed by atoms with Crippen LogP contribution in [0.1, 0.15) is 31.4 Å². The van der Waals surface area contributed by atoms with Gasteiger partial charge in [-0.15, -0.1) is 0 Å². The van der Waals surface area contributed by atoms with Gasteiger partial charge in [0.15, 0.2) is 0 Å². The number of benzene rings is 1. The molecule has 16 heavy (non-hydrogen) atoms. The summed E-state index contributed by atoms with van der Waals surface area (Å²) in [6.45, 7) is 6.75. The molecule has 2 N–H and O–H groups in total. The fourth-order valence-corrected chi connectivity index (χ4v) is 1.61. The molecule has 0 saturated carbocycles. The maximum Gasteiger partial charge on any atom is 0.0636 e. The first kappa shape index (κ1) is 13.2. The van der Waals surface area contributed by atoms with Crippen molar-refractivity contribution in [1.82, 2.24) is 5.32 Å². The predicted octanol–water partition coefficient (Wildman–Crippen LogP) is 2.29. The summed E-state index contributed by atoms with van der Waals surface area (Å²) in [4.78, 5) is 0. The predicted molar refractivity (Wildman–Crippen MR) is 68.6 cm³/mol. The molecule has 1 unspecified atom stereocenters. The molecule has 1 aromatic rings. The van der Waals surface area contributed by atoms with Gasteiger partial charge >= 0.3 is 0 Å². The van der Waals surface area contributed by atoms with Crippen LogP contribution in [0, 0.1) is 6.92 Å². The molecule has 1 rings (SSSR count). The average molecular weight is 221 g/mol. The molecule has 0 saturated heterocycles. The summed E-state index contributed by atoms with van der Waals surface area (Å²) >= 11 is 0. The third-order valence-electron chi connectivity index (χ3n) is 2.75. The molecule has 2 heteroatoms. The van der Waals surface area contributed by atoms with Crippen LogP contribution in [0.25, 0.3) is 0 Å². The summed E-state index contributed by atoms with van der Waals surface area (Å²) < 4.78 is 0. The van der Waals surface area contributed by atoms with E-state index < -0.39 is 0 Å². The van der Waals surface area contributed by atoms with Crippen molar-refractivity contribution in [3.8, 4) is 0 Å². The zero-order valence-corrected chi connectivity index (χ0v) is 10.5. The molecule has 0 heterocycles. The molecule has 0 amide bonds. The normalized spacial score (nSPS) is 14.8. The lowest BCUT2D eigenvalue weighted by Crippen LogP contribution is -2.32. The maximum absolute atomic E-state index is 9.15. The summed E-state index contributed by atoms with van der Waals surface area (Å²) in [5, 5.41) is 12.5. The van der Waals surface area contributed by atoms with Crippen molar-refractivity contribution in [1.29, 1.82) is 0 Å². The molecular weight excluding hydrogens is 198 g/mol. The van der Waals surface area contributed by atoms with Gasteiger partial charge in [-0.3, -0.25) is 0 Å². The van der Waals surface area contributed by atoms with E-state index in [0.717, 1.165) is 12.8 Å². The summed E-state index contributed by atoms with van der Waals surface area (Å²) in [7, 11) is 0. The Labute approximate surface area is 98.7 Å². The van der Waals surface area contributed by atoms with Crippen molar-refractivity contribution in [2.45, 2.75) is 45.8 Å². The Morgan fingerprint density at radius 1 is 1.19 bits per heavy atom. The van der Waals surface area contributed by atoms with Gasteiger partial charge < -0.3 is 10.4 Å². The molecule has 90 valence electrons. The Morgan fingerprint density at radius 3 is 2.38 bits per heavy atom. The van der Waals surface area contributed by atoms with Gasteiger partial charge in [-0.2, -0.15) is 0 Å². The highest BCUT2D eigenvalue weighted by Gasteiger charge is 2.03. The van der Waals surface area contributed by atoms with Gasteiger partial charge in [0.05, 0.1) is 6.10 Å². The monoisotopic (exact) mass is 221 g/mol. The smallest absolute Gasteiger partial charge is 0.0636 e. The number of nitrogens with one attached hydrogen (secondary N) is 1. The van der Waals surface area contributed by atoms with Crippen LogP contribution in [-0.2, 0) is 6.42 Å². The topological polar surface area (TPSA) is 32.3 Å². The zero-order chi connectivity index (χ0) is 12.0. The van der Waals surface area contributed by atoms with E-state index in [9.17, 15) is 0 Å². The molecule has 0 aliphatic carbocycles. The van der Waals surface area contributed by atoms with Crippen molar-refractivity contribution in [3.05, 3.63) is 35.4 Å². The van der Waals surface area contributed by atoms with E-state index in [1.165, 1.54) is 11.1 Å². The quantitative estimate of drug-likeness (QED) is 0.772. The summed E-state index contributed by atoms with van der Waals surface area (Å²) in [6.07, 6.45) is 1.94. The van der Waals surface area contributed by atoms with E-state index in [2.05, 4.69) is 43.4 Å². The van der Waals surface area contributed by atoms with Crippen LogP contribution < -0.4 is 5.32 Å².